The van der Waals surface area contributed by atoms with E-state index in [1.165, 1.54) is 6.39 Å². The van der Waals surface area contributed by atoms with Crippen LogP contribution in [0.5, 0.6) is 0 Å². The van der Waals surface area contributed by atoms with E-state index in [4.69, 9.17) is 5.11 Å². The Kier molecular flexibility index (Phi) is 3.19. The van der Waals surface area contributed by atoms with Gasteiger partial charge in [-0.1, -0.05) is 12.1 Å². The molecule has 1 heterocycles. The lowest BCUT2D eigenvalue weighted by Crippen LogP contribution is -2.48. The second-order valence-corrected chi connectivity index (χ2v) is 3.19. The highest BCUT2D eigenvalue weighted by Crippen LogP contribution is 2.09. The number of nitrogens with one attached hydrogen (secondary N) is 1. The minimum Gasteiger partial charge on any atom is -0.480 e. The van der Waals surface area contributed by atoms with Crippen LogP contribution in [0.2, 0.25) is 0 Å². The quantitative estimate of drug-likeness (QED) is 0.714. The summed E-state index contributed by atoms with van der Waals surface area (Å²) >= 11 is 0. The summed E-state index contributed by atoms with van der Waals surface area (Å²) in [7, 11) is 0. The molecule has 0 fully saturated rings. The maximum Gasteiger partial charge on any atom is 0.323 e. The SMILES string of the molecule is CCC(C)(NCc1ncon1)C(=O)O. The van der Waals surface area contributed by atoms with Crippen molar-refractivity contribution in [1.82, 2.24) is 15.5 Å². The van der Waals surface area contributed by atoms with Crippen LogP contribution in [0.4, 0.5) is 0 Å². The number of rotatable bonds is 5. The van der Waals surface area contributed by atoms with Gasteiger partial charge in [-0.05, 0) is 13.3 Å². The molecule has 0 aliphatic heterocycles. The summed E-state index contributed by atoms with van der Waals surface area (Å²) in [5.41, 5.74) is -0.944. The van der Waals surface area contributed by atoms with Crippen LogP contribution >= 0.6 is 0 Å². The van der Waals surface area contributed by atoms with Gasteiger partial charge in [0.05, 0.1) is 6.54 Å². The number of carboxylic acids is 1. The highest BCUT2D eigenvalue weighted by molar-refractivity contribution is 5.78. The first kappa shape index (κ1) is 10.6. The summed E-state index contributed by atoms with van der Waals surface area (Å²) in [6.07, 6.45) is 1.70. The van der Waals surface area contributed by atoms with Gasteiger partial charge in [-0.3, -0.25) is 10.1 Å². The number of carboxylic acid groups (broad SMARTS) is 1. The van der Waals surface area contributed by atoms with Crippen molar-refractivity contribution >= 4 is 5.97 Å². The number of nitrogens with zero attached hydrogens (tertiary/aromatic N) is 2. The average Bonchev–Trinajstić information content (AvgIpc) is 2.66. The summed E-state index contributed by atoms with van der Waals surface area (Å²) in [5, 5.41) is 15.4. The van der Waals surface area contributed by atoms with E-state index < -0.39 is 11.5 Å². The van der Waals surface area contributed by atoms with Crippen molar-refractivity contribution in [1.29, 1.82) is 0 Å². The lowest BCUT2D eigenvalue weighted by molar-refractivity contribution is -0.144. The molecule has 6 nitrogen and oxygen atoms in total. The molecule has 1 atom stereocenters. The summed E-state index contributed by atoms with van der Waals surface area (Å²) in [6.45, 7) is 3.71. The molecule has 1 rings (SSSR count). The van der Waals surface area contributed by atoms with E-state index in [-0.39, 0.29) is 6.54 Å². The van der Waals surface area contributed by atoms with Gasteiger partial charge in [-0.2, -0.15) is 4.98 Å². The summed E-state index contributed by atoms with van der Waals surface area (Å²) in [5.74, 6) is -0.436. The zero-order valence-corrected chi connectivity index (χ0v) is 8.15. The van der Waals surface area contributed by atoms with E-state index in [9.17, 15) is 4.79 Å². The molecule has 1 aromatic heterocycles. The molecule has 0 radical (unpaired) electrons. The van der Waals surface area contributed by atoms with Gasteiger partial charge in [0.25, 0.3) is 0 Å². The Hall–Kier alpha value is -1.43. The number of carbonyl (C=O) groups is 1. The summed E-state index contributed by atoms with van der Waals surface area (Å²) < 4.78 is 4.53. The maximum absolute atomic E-state index is 10.9. The van der Waals surface area contributed by atoms with Crippen molar-refractivity contribution in [3.05, 3.63) is 12.2 Å². The van der Waals surface area contributed by atoms with Gasteiger partial charge in [-0.25, -0.2) is 0 Å². The van der Waals surface area contributed by atoms with Gasteiger partial charge < -0.3 is 9.63 Å². The number of aromatic nitrogens is 2. The van der Waals surface area contributed by atoms with Gasteiger partial charge in [0.2, 0.25) is 6.39 Å². The first-order valence-corrected chi connectivity index (χ1v) is 4.32. The Morgan fingerprint density at radius 3 is 2.93 bits per heavy atom. The highest BCUT2D eigenvalue weighted by atomic mass is 16.5. The second kappa shape index (κ2) is 4.19. The number of hydrogen-bond donors (Lipinski definition) is 2. The van der Waals surface area contributed by atoms with Gasteiger partial charge in [-0.15, -0.1) is 0 Å². The molecule has 1 aromatic rings. The first-order chi connectivity index (χ1) is 6.58. The highest BCUT2D eigenvalue weighted by Gasteiger charge is 2.30. The van der Waals surface area contributed by atoms with E-state index in [0.717, 1.165) is 0 Å². The van der Waals surface area contributed by atoms with Crippen LogP contribution in [0.1, 0.15) is 26.1 Å². The number of hydrogen-bond acceptors (Lipinski definition) is 5. The minimum atomic E-state index is -0.944. The van der Waals surface area contributed by atoms with Gasteiger partial charge in [0.1, 0.15) is 5.54 Å². The minimum absolute atomic E-state index is 0.285. The maximum atomic E-state index is 10.9. The predicted molar refractivity (Wildman–Crippen MR) is 47.5 cm³/mol. The van der Waals surface area contributed by atoms with Crippen LogP contribution in [-0.2, 0) is 11.3 Å². The molecule has 0 spiro atoms. The fourth-order valence-corrected chi connectivity index (χ4v) is 0.896. The van der Waals surface area contributed by atoms with Crippen molar-refractivity contribution in [3.8, 4) is 0 Å². The molecule has 14 heavy (non-hydrogen) atoms. The predicted octanol–water partition coefficient (Wildman–Crippen LogP) is 0.412. The van der Waals surface area contributed by atoms with Crippen LogP contribution < -0.4 is 5.32 Å². The zero-order valence-electron chi connectivity index (χ0n) is 8.15. The Bertz CT molecular complexity index is 299. The summed E-state index contributed by atoms with van der Waals surface area (Å²) in [4.78, 5) is 14.7. The first-order valence-electron chi connectivity index (χ1n) is 4.32. The van der Waals surface area contributed by atoms with E-state index in [0.29, 0.717) is 12.2 Å². The fraction of sp³-hybridized carbons (Fsp3) is 0.625. The molecule has 0 bridgehead atoms. The number of aliphatic carboxylic acids is 1. The molecule has 0 amide bonds. The third-order valence-electron chi connectivity index (χ3n) is 2.22. The summed E-state index contributed by atoms with van der Waals surface area (Å²) in [6, 6.07) is 0. The molecule has 1 unspecified atom stereocenters. The van der Waals surface area contributed by atoms with E-state index in [1.54, 1.807) is 13.8 Å². The van der Waals surface area contributed by atoms with E-state index in [2.05, 4.69) is 20.0 Å². The normalized spacial score (nSPS) is 15.0. The Morgan fingerprint density at radius 2 is 2.50 bits per heavy atom. The molecule has 0 saturated heterocycles. The molecular weight excluding hydrogens is 186 g/mol. The Balaban J connectivity index is 2.54. The van der Waals surface area contributed by atoms with Crippen LogP contribution in [-0.4, -0.2) is 26.8 Å². The Morgan fingerprint density at radius 1 is 1.79 bits per heavy atom. The lowest BCUT2D eigenvalue weighted by Gasteiger charge is -2.23. The topological polar surface area (TPSA) is 88.3 Å². The van der Waals surface area contributed by atoms with Crippen molar-refractivity contribution in [2.24, 2.45) is 0 Å². The van der Waals surface area contributed by atoms with Gasteiger partial charge in [0, 0.05) is 0 Å². The fourth-order valence-electron chi connectivity index (χ4n) is 0.896. The molecule has 6 heteroatoms. The van der Waals surface area contributed by atoms with Crippen LogP contribution in [0.25, 0.3) is 0 Å². The molecule has 0 saturated carbocycles. The zero-order chi connectivity index (χ0) is 10.6. The largest absolute Gasteiger partial charge is 0.480 e. The standard InChI is InChI=1S/C8H13N3O3/c1-3-8(2,7(12)13)10-4-6-9-5-14-11-6/h5,10H,3-4H2,1-2H3,(H,12,13). The second-order valence-electron chi connectivity index (χ2n) is 3.19. The van der Waals surface area contributed by atoms with Crippen LogP contribution in [0, 0.1) is 0 Å². The molecular formula is C8H13N3O3. The van der Waals surface area contributed by atoms with E-state index in [1.807, 2.05) is 0 Å². The van der Waals surface area contributed by atoms with Gasteiger partial charge >= 0.3 is 5.97 Å². The van der Waals surface area contributed by atoms with Crippen molar-refractivity contribution in [3.63, 3.8) is 0 Å². The third kappa shape index (κ3) is 2.29. The molecule has 0 aromatic carbocycles. The third-order valence-corrected chi connectivity index (χ3v) is 2.22. The lowest BCUT2D eigenvalue weighted by atomic mass is 9.99. The molecule has 78 valence electrons. The van der Waals surface area contributed by atoms with Crippen molar-refractivity contribution in [2.45, 2.75) is 32.4 Å². The van der Waals surface area contributed by atoms with Gasteiger partial charge in [0.15, 0.2) is 5.82 Å². The average molecular weight is 199 g/mol. The van der Waals surface area contributed by atoms with Crippen LogP contribution in [0.15, 0.2) is 10.9 Å². The molecule has 2 N–H and O–H groups in total. The molecule has 0 aliphatic carbocycles. The smallest absolute Gasteiger partial charge is 0.323 e. The monoisotopic (exact) mass is 199 g/mol. The molecule has 0 aliphatic rings. The van der Waals surface area contributed by atoms with E-state index >= 15 is 0 Å². The Labute approximate surface area is 81.3 Å². The van der Waals surface area contributed by atoms with Crippen molar-refractivity contribution in [2.75, 3.05) is 0 Å². The van der Waals surface area contributed by atoms with Crippen LogP contribution in [0.3, 0.4) is 0 Å². The van der Waals surface area contributed by atoms with Crippen molar-refractivity contribution < 1.29 is 14.4 Å².